The minimum atomic E-state index is 0.0439. The van der Waals surface area contributed by atoms with Crippen molar-refractivity contribution in [3.05, 3.63) is 11.3 Å². The molecule has 13 heavy (non-hydrogen) atoms. The summed E-state index contributed by atoms with van der Waals surface area (Å²) in [7, 11) is 0. The Kier molecular flexibility index (Phi) is 2.86. The van der Waals surface area contributed by atoms with Gasteiger partial charge >= 0.3 is 0 Å². The molecule has 0 bridgehead atoms. The summed E-state index contributed by atoms with van der Waals surface area (Å²) in [6.45, 7) is 3.81. The molecule has 0 radical (unpaired) electrons. The summed E-state index contributed by atoms with van der Waals surface area (Å²) in [6, 6.07) is 0. The fourth-order valence-corrected chi connectivity index (χ4v) is 1.48. The molecule has 3 heteroatoms. The Morgan fingerprint density at radius 1 is 1.46 bits per heavy atom. The highest BCUT2D eigenvalue weighted by molar-refractivity contribution is 6.22. The van der Waals surface area contributed by atoms with Crippen molar-refractivity contribution in [2.24, 2.45) is 11.7 Å². The lowest BCUT2D eigenvalue weighted by Crippen LogP contribution is -2.25. The number of hydrogen-bond donors (Lipinski definition) is 2. The van der Waals surface area contributed by atoms with E-state index in [2.05, 4.69) is 0 Å². The lowest BCUT2D eigenvalue weighted by Gasteiger charge is -2.18. The number of nitrogens with one attached hydrogen (secondary N) is 1. The van der Waals surface area contributed by atoms with Crippen LogP contribution in [-0.4, -0.2) is 11.5 Å². The highest BCUT2D eigenvalue weighted by atomic mass is 16.1. The number of ketones is 1. The molecule has 0 atom stereocenters. The van der Waals surface area contributed by atoms with Crippen LogP contribution in [0.25, 0.3) is 0 Å². The van der Waals surface area contributed by atoms with Crippen LogP contribution in [0.1, 0.15) is 33.1 Å². The predicted molar refractivity (Wildman–Crippen MR) is 52.6 cm³/mol. The normalized spacial score (nSPS) is 18.2. The fraction of sp³-hybridized carbons (Fsp3) is 0.600. The maximum absolute atomic E-state index is 11.5. The molecule has 0 unspecified atom stereocenters. The van der Waals surface area contributed by atoms with Gasteiger partial charge in [0.05, 0.1) is 5.57 Å². The summed E-state index contributed by atoms with van der Waals surface area (Å²) in [5.74, 6) is 0.123. The molecular weight excluding hydrogens is 164 g/mol. The number of Topliss-reactive ketones (excluding diaryl/α,β-unsaturated/α-hetero) is 1. The molecule has 0 fully saturated rings. The van der Waals surface area contributed by atoms with Crippen LogP contribution in [0, 0.1) is 11.3 Å². The third-order valence-electron chi connectivity index (χ3n) is 2.30. The molecule has 0 spiro atoms. The number of allylic oxidation sites excluding steroid dienone is 2. The van der Waals surface area contributed by atoms with Crippen molar-refractivity contribution in [3.8, 4) is 0 Å². The van der Waals surface area contributed by atoms with Crippen molar-refractivity contribution in [3.63, 3.8) is 0 Å². The van der Waals surface area contributed by atoms with E-state index < -0.39 is 0 Å². The summed E-state index contributed by atoms with van der Waals surface area (Å²) in [6.07, 6.45) is 2.14. The third-order valence-corrected chi connectivity index (χ3v) is 2.30. The van der Waals surface area contributed by atoms with Crippen LogP contribution < -0.4 is 5.73 Å². The molecule has 3 nitrogen and oxygen atoms in total. The smallest absolute Gasteiger partial charge is 0.166 e. The Morgan fingerprint density at radius 2 is 2.08 bits per heavy atom. The average molecular weight is 180 g/mol. The van der Waals surface area contributed by atoms with Gasteiger partial charge in [0.2, 0.25) is 0 Å². The predicted octanol–water partition coefficient (Wildman–Crippen LogP) is 1.63. The van der Waals surface area contributed by atoms with Gasteiger partial charge in [-0.3, -0.25) is 4.79 Å². The fourth-order valence-electron chi connectivity index (χ4n) is 1.48. The van der Waals surface area contributed by atoms with Gasteiger partial charge in [0.25, 0.3) is 0 Å². The number of carbonyl (C=O) groups excluding carboxylic acids is 1. The van der Waals surface area contributed by atoms with Crippen molar-refractivity contribution in [1.82, 2.24) is 0 Å². The van der Waals surface area contributed by atoms with E-state index >= 15 is 0 Å². The molecule has 0 aromatic heterocycles. The van der Waals surface area contributed by atoms with Crippen molar-refractivity contribution < 1.29 is 4.79 Å². The van der Waals surface area contributed by atoms with Crippen LogP contribution in [-0.2, 0) is 4.79 Å². The first kappa shape index (κ1) is 9.96. The van der Waals surface area contributed by atoms with Crippen LogP contribution in [0.3, 0.4) is 0 Å². The molecule has 3 N–H and O–H groups in total. The van der Waals surface area contributed by atoms with E-state index in [1.807, 2.05) is 13.8 Å². The number of hydrogen-bond acceptors (Lipinski definition) is 3. The number of nitrogens with two attached hydrogens (primary N) is 1. The Balaban J connectivity index is 2.98. The maximum Gasteiger partial charge on any atom is 0.166 e. The molecule has 0 heterocycles. The van der Waals surface area contributed by atoms with Crippen LogP contribution >= 0.6 is 0 Å². The van der Waals surface area contributed by atoms with E-state index in [4.69, 9.17) is 11.1 Å². The lowest BCUT2D eigenvalue weighted by molar-refractivity contribution is -0.115. The number of carbonyl (C=O) groups is 1. The molecule has 0 saturated carbocycles. The van der Waals surface area contributed by atoms with Gasteiger partial charge in [0.15, 0.2) is 5.78 Å². The quantitative estimate of drug-likeness (QED) is 0.634. The van der Waals surface area contributed by atoms with Gasteiger partial charge in [-0.15, -0.1) is 0 Å². The lowest BCUT2D eigenvalue weighted by atomic mass is 9.88. The van der Waals surface area contributed by atoms with Gasteiger partial charge in [-0.25, -0.2) is 0 Å². The zero-order chi connectivity index (χ0) is 10.0. The summed E-state index contributed by atoms with van der Waals surface area (Å²) in [5.41, 5.74) is 7.21. The summed E-state index contributed by atoms with van der Waals surface area (Å²) in [4.78, 5) is 11.5. The van der Waals surface area contributed by atoms with E-state index in [0.29, 0.717) is 23.4 Å². The molecule has 0 aromatic carbocycles. The first-order valence-electron chi connectivity index (χ1n) is 4.64. The molecule has 0 aliphatic heterocycles. The Hall–Kier alpha value is -1.12. The van der Waals surface area contributed by atoms with Gasteiger partial charge in [-0.05, 0) is 18.8 Å². The van der Waals surface area contributed by atoms with Crippen LogP contribution in [0.4, 0.5) is 0 Å². The van der Waals surface area contributed by atoms with Gasteiger partial charge in [-0.2, -0.15) is 0 Å². The Bertz CT molecular complexity index is 277. The van der Waals surface area contributed by atoms with Gasteiger partial charge in [0, 0.05) is 17.8 Å². The minimum Gasteiger partial charge on any atom is -0.401 e. The van der Waals surface area contributed by atoms with Crippen LogP contribution in [0.5, 0.6) is 0 Å². The molecule has 1 rings (SSSR count). The second-order valence-electron chi connectivity index (χ2n) is 3.75. The minimum absolute atomic E-state index is 0.0439. The zero-order valence-corrected chi connectivity index (χ0v) is 8.18. The zero-order valence-electron chi connectivity index (χ0n) is 8.18. The molecule has 0 saturated heterocycles. The largest absolute Gasteiger partial charge is 0.401 e. The van der Waals surface area contributed by atoms with Gasteiger partial charge in [0.1, 0.15) is 0 Å². The van der Waals surface area contributed by atoms with E-state index in [1.54, 1.807) is 0 Å². The topological polar surface area (TPSA) is 66.9 Å². The highest BCUT2D eigenvalue weighted by Crippen LogP contribution is 2.21. The number of rotatable bonds is 2. The van der Waals surface area contributed by atoms with Gasteiger partial charge < -0.3 is 11.1 Å². The average Bonchev–Trinajstić information content (AvgIpc) is 2.03. The molecule has 0 aromatic rings. The van der Waals surface area contributed by atoms with E-state index in [1.165, 1.54) is 0 Å². The first-order chi connectivity index (χ1) is 6.04. The first-order valence-corrected chi connectivity index (χ1v) is 4.64. The van der Waals surface area contributed by atoms with E-state index in [9.17, 15) is 4.79 Å². The highest BCUT2D eigenvalue weighted by Gasteiger charge is 2.23. The maximum atomic E-state index is 11.5. The second kappa shape index (κ2) is 3.73. The molecule has 72 valence electrons. The summed E-state index contributed by atoms with van der Waals surface area (Å²) < 4.78 is 0. The molecule has 1 aliphatic rings. The van der Waals surface area contributed by atoms with Gasteiger partial charge in [-0.1, -0.05) is 13.8 Å². The monoisotopic (exact) mass is 180 g/mol. The molecule has 0 amide bonds. The van der Waals surface area contributed by atoms with Crippen molar-refractivity contribution in [2.45, 2.75) is 33.1 Å². The van der Waals surface area contributed by atoms with Crippen molar-refractivity contribution in [2.75, 3.05) is 0 Å². The van der Waals surface area contributed by atoms with Crippen LogP contribution in [0.2, 0.25) is 0 Å². The second-order valence-corrected chi connectivity index (χ2v) is 3.75. The Morgan fingerprint density at radius 3 is 2.54 bits per heavy atom. The van der Waals surface area contributed by atoms with Crippen molar-refractivity contribution >= 4 is 11.5 Å². The van der Waals surface area contributed by atoms with Crippen LogP contribution in [0.15, 0.2) is 11.3 Å². The molecule has 1 aliphatic carbocycles. The SMILES string of the molecule is CC(C)C(=N)C1=C(N)CCCC1=O. The van der Waals surface area contributed by atoms with Crippen molar-refractivity contribution in [1.29, 1.82) is 5.41 Å². The van der Waals surface area contributed by atoms with E-state index in [0.717, 1.165) is 12.8 Å². The third kappa shape index (κ3) is 1.97. The van der Waals surface area contributed by atoms with E-state index in [-0.39, 0.29) is 11.7 Å². The Labute approximate surface area is 78.5 Å². The standard InChI is InChI=1S/C10H16N2O/c1-6(2)10(12)9-7(11)4-3-5-8(9)13/h6,12H,3-5,11H2,1-2H3. The molecular formula is C10H16N2O. The summed E-state index contributed by atoms with van der Waals surface area (Å²) in [5, 5.41) is 7.74. The summed E-state index contributed by atoms with van der Waals surface area (Å²) >= 11 is 0.